The molecule has 0 spiro atoms. The summed E-state index contributed by atoms with van der Waals surface area (Å²) in [6, 6.07) is 139. The summed E-state index contributed by atoms with van der Waals surface area (Å²) in [6.45, 7) is 21.0. The van der Waals surface area contributed by atoms with Crippen molar-refractivity contribution in [1.29, 1.82) is 0 Å². The summed E-state index contributed by atoms with van der Waals surface area (Å²) in [7, 11) is 0. The number of fused-ring (bicyclic) bond motifs is 6. The highest BCUT2D eigenvalue weighted by molar-refractivity contribution is 6.11. The van der Waals surface area contributed by atoms with E-state index in [-0.39, 0.29) is 10.8 Å². The van der Waals surface area contributed by atoms with Crippen LogP contribution in [0.3, 0.4) is 0 Å². The number of aromatic nitrogens is 2. The van der Waals surface area contributed by atoms with Crippen LogP contribution in [0.15, 0.2) is 382 Å². The third-order valence-electron chi connectivity index (χ3n) is 22.2. The molecule has 0 radical (unpaired) electrons. The van der Waals surface area contributed by atoms with Crippen LogP contribution >= 0.6 is 0 Å². The highest BCUT2D eigenvalue weighted by Crippen LogP contribution is 2.56. The minimum absolute atomic E-state index is 0.215. The summed E-state index contributed by atoms with van der Waals surface area (Å²) in [4.78, 5) is 5.05. The molecule has 0 amide bonds. The molecule has 18 aromatic rings. The highest BCUT2D eigenvalue weighted by atomic mass is 16.5. The third kappa shape index (κ3) is 13.8. The second-order valence-corrected chi connectivity index (χ2v) is 32.9. The van der Waals surface area contributed by atoms with Gasteiger partial charge in [0.2, 0.25) is 0 Å². The minimum Gasteiger partial charge on any atom is -0.457 e. The van der Waals surface area contributed by atoms with Gasteiger partial charge in [-0.3, -0.25) is 0 Å². The molecule has 0 N–H and O–H groups in total. The number of hydrogen-bond acceptors (Lipinski definition) is 4. The Morgan fingerprint density at radius 2 is 0.544 bits per heavy atom. The molecule has 6 nitrogen and oxygen atoms in total. The summed E-state index contributed by atoms with van der Waals surface area (Å²) in [6.07, 6.45) is 0. The van der Waals surface area contributed by atoms with Gasteiger partial charge in [-0.05, 0) is 182 Å². The summed E-state index contributed by atoms with van der Waals surface area (Å²) in [5, 5.41) is 4.74. The Morgan fingerprint density at radius 3 is 0.930 bits per heavy atom. The standard InChI is InChI=1S/C108H90N4O2/c1-106(2,3)79-63-85(109(82-59-57-74(58-60-82)73-35-15-10-16-36-73)104-94(75-37-17-11-18-38-75)65-80(107(4,5)6)66-95(104)76-39-19-12-20-40-76)69-86(64-79)112(105-96(77-41-21-13-22-42-77)67-81(108(7,8)9)68-97(105)78-43-23-14-24-44-78)102-62-61-89(113-87-47-33-45-83(70-87)110-98-53-29-25-49-90(98)91-50-26-30-54-99(91)110)72-103(102)114-88-48-34-46-84(71-88)111-100-55-31-27-51-92(100)93-52-28-32-56-101(93)111/h10-72H,1-9H3. The first-order chi connectivity index (χ1) is 55.4. The van der Waals surface area contributed by atoms with Crippen molar-refractivity contribution in [1.82, 2.24) is 9.13 Å². The molecular formula is C108H90N4O2. The van der Waals surface area contributed by atoms with Gasteiger partial charge in [0.25, 0.3) is 0 Å². The summed E-state index contributed by atoms with van der Waals surface area (Å²) in [5.74, 6) is 2.48. The number of benzene rings is 16. The predicted octanol–water partition coefficient (Wildman–Crippen LogP) is 30.6. The Labute approximate surface area is 669 Å². The van der Waals surface area contributed by atoms with Crippen LogP contribution in [-0.2, 0) is 16.2 Å². The quantitative estimate of drug-likeness (QED) is 0.0910. The van der Waals surface area contributed by atoms with Crippen molar-refractivity contribution >= 4 is 77.7 Å². The summed E-state index contributed by atoms with van der Waals surface area (Å²) < 4.78 is 19.9. The zero-order chi connectivity index (χ0) is 77.8. The van der Waals surface area contributed by atoms with E-state index in [4.69, 9.17) is 9.47 Å². The summed E-state index contributed by atoms with van der Waals surface area (Å²) in [5.41, 5.74) is 25.7. The number of ether oxygens (including phenoxy) is 2. The fourth-order valence-corrected chi connectivity index (χ4v) is 16.3. The highest BCUT2D eigenvalue weighted by Gasteiger charge is 2.33. The largest absolute Gasteiger partial charge is 0.457 e. The maximum absolute atomic E-state index is 7.90. The molecule has 0 bridgehead atoms. The molecule has 0 aliphatic heterocycles. The molecule has 0 unspecified atom stereocenters. The molecule has 0 saturated carbocycles. The lowest BCUT2D eigenvalue weighted by Crippen LogP contribution is -2.20. The van der Waals surface area contributed by atoms with E-state index in [2.05, 4.69) is 457 Å². The number of para-hydroxylation sites is 4. The minimum atomic E-state index is -0.418. The van der Waals surface area contributed by atoms with Crippen molar-refractivity contribution in [2.75, 3.05) is 9.80 Å². The van der Waals surface area contributed by atoms with Crippen molar-refractivity contribution in [3.63, 3.8) is 0 Å². The normalized spacial score (nSPS) is 11.9. The third-order valence-corrected chi connectivity index (χ3v) is 22.2. The van der Waals surface area contributed by atoms with Gasteiger partial charge in [0, 0.05) is 90.4 Å². The van der Waals surface area contributed by atoms with Gasteiger partial charge in [0.1, 0.15) is 17.2 Å². The average molecular weight is 1480 g/mol. The molecule has 0 saturated heterocycles. The van der Waals surface area contributed by atoms with E-state index in [1.54, 1.807) is 0 Å². The van der Waals surface area contributed by atoms with Crippen molar-refractivity contribution in [2.24, 2.45) is 0 Å². The molecule has 18 rings (SSSR count). The van der Waals surface area contributed by atoms with Crippen LogP contribution in [0.1, 0.15) is 79.0 Å². The molecule has 114 heavy (non-hydrogen) atoms. The number of nitrogens with zero attached hydrogens (tertiary/aromatic N) is 4. The molecule has 2 heterocycles. The van der Waals surface area contributed by atoms with Gasteiger partial charge in [-0.15, -0.1) is 0 Å². The van der Waals surface area contributed by atoms with E-state index < -0.39 is 5.41 Å². The van der Waals surface area contributed by atoms with Crippen LogP contribution in [0, 0.1) is 0 Å². The summed E-state index contributed by atoms with van der Waals surface area (Å²) >= 11 is 0. The van der Waals surface area contributed by atoms with Crippen LogP contribution in [0.4, 0.5) is 34.1 Å². The van der Waals surface area contributed by atoms with Gasteiger partial charge < -0.3 is 28.4 Å². The first kappa shape index (κ1) is 71.9. The van der Waals surface area contributed by atoms with Crippen LogP contribution < -0.4 is 19.3 Å². The average Bonchev–Trinajstić information content (AvgIpc) is 0.966. The lowest BCUT2D eigenvalue weighted by Gasteiger charge is -2.36. The lowest BCUT2D eigenvalue weighted by molar-refractivity contribution is 0.461. The molecule has 16 aromatic carbocycles. The van der Waals surface area contributed by atoms with E-state index in [1.165, 1.54) is 32.7 Å². The van der Waals surface area contributed by atoms with Crippen LogP contribution in [0.5, 0.6) is 23.0 Å². The fourth-order valence-electron chi connectivity index (χ4n) is 16.3. The van der Waals surface area contributed by atoms with Gasteiger partial charge in [0.15, 0.2) is 5.75 Å². The molecule has 554 valence electrons. The second kappa shape index (κ2) is 29.5. The Bertz CT molecular complexity index is 6350. The van der Waals surface area contributed by atoms with E-state index in [0.717, 1.165) is 129 Å². The monoisotopic (exact) mass is 1470 g/mol. The molecule has 2 aromatic heterocycles. The van der Waals surface area contributed by atoms with Crippen molar-refractivity contribution < 1.29 is 9.47 Å². The smallest absolute Gasteiger partial charge is 0.155 e. The number of anilines is 6. The van der Waals surface area contributed by atoms with Gasteiger partial charge in [-0.2, -0.15) is 0 Å². The molecule has 0 atom stereocenters. The van der Waals surface area contributed by atoms with Crippen molar-refractivity contribution in [2.45, 2.75) is 78.6 Å². The second-order valence-electron chi connectivity index (χ2n) is 32.9. The molecule has 0 fully saturated rings. The first-order valence-corrected chi connectivity index (χ1v) is 39.6. The maximum Gasteiger partial charge on any atom is 0.155 e. The first-order valence-electron chi connectivity index (χ1n) is 39.6. The molecule has 0 aliphatic rings. The van der Waals surface area contributed by atoms with Crippen molar-refractivity contribution in [3.8, 4) is 90.0 Å². The Hall–Kier alpha value is -13.7. The topological polar surface area (TPSA) is 34.8 Å². The van der Waals surface area contributed by atoms with Gasteiger partial charge in [0.05, 0.1) is 39.1 Å². The van der Waals surface area contributed by atoms with E-state index in [0.29, 0.717) is 23.0 Å². The maximum atomic E-state index is 7.90. The van der Waals surface area contributed by atoms with Crippen molar-refractivity contribution in [3.05, 3.63) is 399 Å². The SMILES string of the molecule is CC(C)(C)c1cc(N(c2ccc(-c3ccccc3)cc2)c2c(-c3ccccc3)cc(C(C)(C)C)cc2-c2ccccc2)cc(N(c2ccc(Oc3cccc(-n4c5ccccc5c5ccccc54)c3)cc2Oc2cccc(-n3c4ccccc4c4ccccc43)c2)c2c(-c3ccccc3)cc(C(C)(C)C)cc2-c2ccccc2)c1. The van der Waals surface area contributed by atoms with Gasteiger partial charge >= 0.3 is 0 Å². The zero-order valence-electron chi connectivity index (χ0n) is 66.0. The van der Waals surface area contributed by atoms with E-state index in [9.17, 15) is 0 Å². The van der Waals surface area contributed by atoms with Crippen LogP contribution in [0.25, 0.3) is 111 Å². The predicted molar refractivity (Wildman–Crippen MR) is 481 cm³/mol. The van der Waals surface area contributed by atoms with Gasteiger partial charge in [-0.25, -0.2) is 0 Å². The number of hydrogen-bond donors (Lipinski definition) is 0. The Kier molecular flexibility index (Phi) is 18.6. The van der Waals surface area contributed by atoms with E-state index >= 15 is 0 Å². The Balaban J connectivity index is 0.941. The van der Waals surface area contributed by atoms with E-state index in [1.807, 2.05) is 6.07 Å². The van der Waals surface area contributed by atoms with Crippen LogP contribution in [-0.4, -0.2) is 9.13 Å². The fraction of sp³-hybridized carbons (Fsp3) is 0.111. The van der Waals surface area contributed by atoms with Gasteiger partial charge in [-0.1, -0.05) is 311 Å². The molecule has 6 heteroatoms. The Morgan fingerprint density at radius 1 is 0.228 bits per heavy atom. The van der Waals surface area contributed by atoms with Crippen LogP contribution in [0.2, 0.25) is 0 Å². The number of rotatable bonds is 17. The molecule has 0 aliphatic carbocycles. The lowest BCUT2D eigenvalue weighted by atomic mass is 9.81. The molecular weight excluding hydrogens is 1390 g/mol. The zero-order valence-corrected chi connectivity index (χ0v) is 66.0.